The lowest BCUT2D eigenvalue weighted by Gasteiger charge is -2.04. The molecule has 4 nitrogen and oxygen atoms in total. The van der Waals surface area contributed by atoms with E-state index in [1.807, 2.05) is 0 Å². The van der Waals surface area contributed by atoms with Crippen molar-refractivity contribution in [3.8, 4) is 5.75 Å². The number of ether oxygens (including phenoxy) is 1. The first-order valence-corrected chi connectivity index (χ1v) is 4.96. The quantitative estimate of drug-likeness (QED) is 0.911. The Morgan fingerprint density at radius 2 is 2.00 bits per heavy atom. The highest BCUT2D eigenvalue weighted by atomic mass is 19.2. The van der Waals surface area contributed by atoms with Crippen molar-refractivity contribution < 1.29 is 27.8 Å². The highest BCUT2D eigenvalue weighted by Crippen LogP contribution is 2.17. The maximum absolute atomic E-state index is 12.9. The fraction of sp³-hybridized carbons (Fsp3) is 0.0833. The Morgan fingerprint density at radius 1 is 1.22 bits per heavy atom. The molecule has 0 fully saturated rings. The van der Waals surface area contributed by atoms with Gasteiger partial charge in [0.15, 0.2) is 11.6 Å². The summed E-state index contributed by atoms with van der Waals surface area (Å²) in [5.74, 6) is -2.97. The normalized spacial score (nSPS) is 10.3. The monoisotopic (exact) mass is 254 g/mol. The van der Waals surface area contributed by atoms with Gasteiger partial charge in [0.1, 0.15) is 18.1 Å². The van der Waals surface area contributed by atoms with Gasteiger partial charge in [0.05, 0.1) is 0 Å². The van der Waals surface area contributed by atoms with Gasteiger partial charge in [-0.2, -0.15) is 0 Å². The lowest BCUT2D eigenvalue weighted by Crippen LogP contribution is -1.96. The second kappa shape index (κ2) is 4.87. The molecule has 0 aliphatic carbocycles. The average Bonchev–Trinajstić information content (AvgIpc) is 2.79. The van der Waals surface area contributed by atoms with E-state index in [0.717, 1.165) is 12.1 Å². The molecule has 18 heavy (non-hydrogen) atoms. The second-order valence-electron chi connectivity index (χ2n) is 3.44. The molecule has 0 atom stereocenters. The molecule has 94 valence electrons. The van der Waals surface area contributed by atoms with Gasteiger partial charge in [0, 0.05) is 6.07 Å². The fourth-order valence-electron chi connectivity index (χ4n) is 1.29. The summed E-state index contributed by atoms with van der Waals surface area (Å²) in [6.45, 7) is -0.0711. The molecule has 1 aromatic carbocycles. The predicted molar refractivity (Wildman–Crippen MR) is 56.4 cm³/mol. The number of carboxylic acids is 1. The van der Waals surface area contributed by atoms with E-state index in [0.29, 0.717) is 0 Å². The number of benzene rings is 1. The Morgan fingerprint density at radius 3 is 2.61 bits per heavy atom. The average molecular weight is 254 g/mol. The standard InChI is InChI=1S/C12H8F2O4/c13-9-3-1-7(5-10(9)14)17-6-8-2-4-11(18-8)12(15)16/h1-5H,6H2,(H,15,16). The molecule has 0 aliphatic rings. The summed E-state index contributed by atoms with van der Waals surface area (Å²) in [7, 11) is 0. The van der Waals surface area contributed by atoms with E-state index in [9.17, 15) is 13.6 Å². The highest BCUT2D eigenvalue weighted by molar-refractivity contribution is 5.84. The van der Waals surface area contributed by atoms with Crippen LogP contribution in [-0.4, -0.2) is 11.1 Å². The Balaban J connectivity index is 2.02. The Kier molecular flexibility index (Phi) is 3.27. The summed E-state index contributed by atoms with van der Waals surface area (Å²) in [6.07, 6.45) is 0. The molecule has 0 bridgehead atoms. The zero-order chi connectivity index (χ0) is 13.1. The summed E-state index contributed by atoms with van der Waals surface area (Å²) in [5, 5.41) is 8.62. The molecule has 0 saturated carbocycles. The molecule has 2 aromatic rings. The van der Waals surface area contributed by atoms with Crippen LogP contribution in [0.4, 0.5) is 8.78 Å². The van der Waals surface area contributed by atoms with E-state index >= 15 is 0 Å². The molecular weight excluding hydrogens is 246 g/mol. The van der Waals surface area contributed by atoms with Crippen molar-refractivity contribution >= 4 is 5.97 Å². The molecule has 1 aromatic heterocycles. The summed E-state index contributed by atoms with van der Waals surface area (Å²) in [4.78, 5) is 10.5. The van der Waals surface area contributed by atoms with E-state index in [1.165, 1.54) is 18.2 Å². The van der Waals surface area contributed by atoms with Gasteiger partial charge in [-0.05, 0) is 24.3 Å². The Bertz CT molecular complexity index is 577. The zero-order valence-electron chi connectivity index (χ0n) is 9.02. The SMILES string of the molecule is O=C(O)c1ccc(COc2ccc(F)c(F)c2)o1. The number of furan rings is 1. The first kappa shape index (κ1) is 12.1. The topological polar surface area (TPSA) is 59.7 Å². The minimum atomic E-state index is -1.19. The number of carbonyl (C=O) groups is 1. The second-order valence-corrected chi connectivity index (χ2v) is 3.44. The molecule has 0 aliphatic heterocycles. The van der Waals surface area contributed by atoms with Crippen molar-refractivity contribution in [1.29, 1.82) is 0 Å². The number of aromatic carboxylic acids is 1. The first-order valence-electron chi connectivity index (χ1n) is 4.96. The zero-order valence-corrected chi connectivity index (χ0v) is 9.02. The molecule has 0 saturated heterocycles. The van der Waals surface area contributed by atoms with Crippen molar-refractivity contribution in [2.45, 2.75) is 6.61 Å². The van der Waals surface area contributed by atoms with E-state index in [-0.39, 0.29) is 23.9 Å². The van der Waals surface area contributed by atoms with Crippen LogP contribution in [0.25, 0.3) is 0 Å². The number of halogens is 2. The van der Waals surface area contributed by atoms with Gasteiger partial charge in [-0.15, -0.1) is 0 Å². The van der Waals surface area contributed by atoms with Crippen LogP contribution in [-0.2, 0) is 6.61 Å². The van der Waals surface area contributed by atoms with Gasteiger partial charge >= 0.3 is 5.97 Å². The van der Waals surface area contributed by atoms with Crippen LogP contribution < -0.4 is 4.74 Å². The van der Waals surface area contributed by atoms with E-state index < -0.39 is 17.6 Å². The molecule has 0 unspecified atom stereocenters. The third-order valence-corrected chi connectivity index (χ3v) is 2.14. The smallest absolute Gasteiger partial charge is 0.371 e. The number of rotatable bonds is 4. The van der Waals surface area contributed by atoms with E-state index in [4.69, 9.17) is 14.3 Å². The van der Waals surface area contributed by atoms with Gasteiger partial charge < -0.3 is 14.3 Å². The van der Waals surface area contributed by atoms with E-state index in [1.54, 1.807) is 0 Å². The van der Waals surface area contributed by atoms with Crippen LogP contribution in [0, 0.1) is 11.6 Å². The van der Waals surface area contributed by atoms with Gasteiger partial charge in [-0.1, -0.05) is 0 Å². The molecular formula is C12H8F2O4. The summed E-state index contributed by atoms with van der Waals surface area (Å²) in [5.41, 5.74) is 0. The van der Waals surface area contributed by atoms with E-state index in [2.05, 4.69) is 0 Å². The summed E-state index contributed by atoms with van der Waals surface area (Å²) in [6, 6.07) is 5.82. The molecule has 0 radical (unpaired) electrons. The highest BCUT2D eigenvalue weighted by Gasteiger charge is 2.09. The first-order chi connectivity index (χ1) is 8.56. The fourth-order valence-corrected chi connectivity index (χ4v) is 1.29. The van der Waals surface area contributed by atoms with Gasteiger partial charge in [-0.3, -0.25) is 0 Å². The number of hydrogen-bond acceptors (Lipinski definition) is 3. The lowest BCUT2D eigenvalue weighted by atomic mass is 10.3. The maximum Gasteiger partial charge on any atom is 0.371 e. The third kappa shape index (κ3) is 2.65. The molecule has 1 N–H and O–H groups in total. The van der Waals surface area contributed by atoms with Crippen molar-refractivity contribution in [3.05, 3.63) is 53.5 Å². The summed E-state index contributed by atoms with van der Waals surface area (Å²) >= 11 is 0. The van der Waals surface area contributed by atoms with Gasteiger partial charge in [0.2, 0.25) is 5.76 Å². The van der Waals surface area contributed by atoms with Gasteiger partial charge in [0.25, 0.3) is 0 Å². The third-order valence-electron chi connectivity index (χ3n) is 2.14. The Hall–Kier alpha value is -2.37. The van der Waals surface area contributed by atoms with Crippen LogP contribution in [0.15, 0.2) is 34.7 Å². The molecule has 0 amide bonds. The lowest BCUT2D eigenvalue weighted by molar-refractivity contribution is 0.0658. The largest absolute Gasteiger partial charge is 0.486 e. The van der Waals surface area contributed by atoms with Crippen molar-refractivity contribution in [3.63, 3.8) is 0 Å². The predicted octanol–water partition coefficient (Wildman–Crippen LogP) is 2.84. The minimum absolute atomic E-state index is 0.0711. The van der Waals surface area contributed by atoms with Crippen LogP contribution in [0.5, 0.6) is 5.75 Å². The van der Waals surface area contributed by atoms with Crippen molar-refractivity contribution in [2.75, 3.05) is 0 Å². The van der Waals surface area contributed by atoms with Crippen LogP contribution in [0.1, 0.15) is 16.3 Å². The summed E-state index contributed by atoms with van der Waals surface area (Å²) < 4.78 is 35.6. The van der Waals surface area contributed by atoms with Crippen LogP contribution >= 0.6 is 0 Å². The number of hydrogen-bond donors (Lipinski definition) is 1. The number of carboxylic acid groups (broad SMARTS) is 1. The molecule has 2 rings (SSSR count). The van der Waals surface area contributed by atoms with Gasteiger partial charge in [-0.25, -0.2) is 13.6 Å². The molecule has 6 heteroatoms. The molecule has 0 spiro atoms. The minimum Gasteiger partial charge on any atom is -0.486 e. The van der Waals surface area contributed by atoms with Crippen LogP contribution in [0.2, 0.25) is 0 Å². The van der Waals surface area contributed by atoms with Crippen molar-refractivity contribution in [1.82, 2.24) is 0 Å². The molecule has 1 heterocycles. The maximum atomic E-state index is 12.9. The Labute approximate surface area is 100 Å². The van der Waals surface area contributed by atoms with Crippen LogP contribution in [0.3, 0.4) is 0 Å². The van der Waals surface area contributed by atoms with Crippen molar-refractivity contribution in [2.24, 2.45) is 0 Å².